The van der Waals surface area contributed by atoms with Crippen LogP contribution in [0.4, 0.5) is 10.3 Å². The van der Waals surface area contributed by atoms with Crippen molar-refractivity contribution in [2.24, 2.45) is 0 Å². The lowest BCUT2D eigenvalue weighted by Gasteiger charge is -2.09. The Morgan fingerprint density at radius 3 is 2.76 bits per heavy atom. The van der Waals surface area contributed by atoms with Crippen LogP contribution in [0.1, 0.15) is 13.8 Å². The fourth-order valence-electron chi connectivity index (χ4n) is 2.80. The van der Waals surface area contributed by atoms with Gasteiger partial charge in [-0.3, -0.25) is 15.2 Å². The standard InChI is InChI=1S/C19H16FN7O2/c1-3-29-15-7-4-11(8-12(15)20)13-5-6-14-16(24-13)17(18-21-9-22-27-18)26-19(25-14)23-10(2)28/h4-9H,3H2,1-2H3,(H,21,22,27)(H,23,25,26,28). The van der Waals surface area contributed by atoms with Crippen LogP contribution >= 0.6 is 0 Å². The third kappa shape index (κ3) is 3.72. The minimum absolute atomic E-state index is 0.117. The number of anilines is 1. The number of H-pyrrole nitrogens is 1. The van der Waals surface area contributed by atoms with Crippen LogP contribution in [-0.4, -0.2) is 42.6 Å². The average Bonchev–Trinajstić information content (AvgIpc) is 3.23. The molecule has 1 aromatic carbocycles. The Hall–Kier alpha value is -3.95. The minimum Gasteiger partial charge on any atom is -0.491 e. The van der Waals surface area contributed by atoms with Gasteiger partial charge < -0.3 is 4.74 Å². The Morgan fingerprint density at radius 2 is 2.07 bits per heavy atom. The van der Waals surface area contributed by atoms with E-state index in [0.29, 0.717) is 40.4 Å². The summed E-state index contributed by atoms with van der Waals surface area (Å²) >= 11 is 0. The van der Waals surface area contributed by atoms with E-state index < -0.39 is 5.82 Å². The number of nitrogens with one attached hydrogen (secondary N) is 2. The van der Waals surface area contributed by atoms with Crippen molar-refractivity contribution in [2.45, 2.75) is 13.8 Å². The van der Waals surface area contributed by atoms with Crippen LogP contribution in [-0.2, 0) is 4.79 Å². The number of halogens is 1. The van der Waals surface area contributed by atoms with Gasteiger partial charge >= 0.3 is 0 Å². The summed E-state index contributed by atoms with van der Waals surface area (Å²) in [6, 6.07) is 8.07. The lowest BCUT2D eigenvalue weighted by molar-refractivity contribution is -0.114. The molecule has 0 unspecified atom stereocenters. The first-order valence-electron chi connectivity index (χ1n) is 8.80. The molecule has 146 valence electrons. The van der Waals surface area contributed by atoms with Crippen LogP contribution in [0.15, 0.2) is 36.7 Å². The molecule has 0 spiro atoms. The Bertz CT molecular complexity index is 1190. The molecule has 10 heteroatoms. The second kappa shape index (κ2) is 7.58. The third-order valence-electron chi connectivity index (χ3n) is 3.98. The number of benzene rings is 1. The third-order valence-corrected chi connectivity index (χ3v) is 3.98. The number of carbonyl (C=O) groups excluding carboxylic acids is 1. The molecule has 9 nitrogen and oxygen atoms in total. The maximum absolute atomic E-state index is 14.3. The highest BCUT2D eigenvalue weighted by molar-refractivity contribution is 5.92. The summed E-state index contributed by atoms with van der Waals surface area (Å²) in [5.74, 6) is -0.183. The van der Waals surface area contributed by atoms with Gasteiger partial charge in [-0.05, 0) is 37.3 Å². The van der Waals surface area contributed by atoms with E-state index in [4.69, 9.17) is 4.74 Å². The summed E-state index contributed by atoms with van der Waals surface area (Å²) < 4.78 is 19.5. The summed E-state index contributed by atoms with van der Waals surface area (Å²) in [6.07, 6.45) is 1.41. The van der Waals surface area contributed by atoms with E-state index in [2.05, 4.69) is 35.5 Å². The van der Waals surface area contributed by atoms with E-state index in [1.807, 2.05) is 0 Å². The maximum Gasteiger partial charge on any atom is 0.230 e. The van der Waals surface area contributed by atoms with E-state index in [9.17, 15) is 9.18 Å². The lowest BCUT2D eigenvalue weighted by Crippen LogP contribution is -2.10. The van der Waals surface area contributed by atoms with Crippen LogP contribution in [0.5, 0.6) is 5.75 Å². The first kappa shape index (κ1) is 18.4. The molecule has 0 radical (unpaired) electrons. The van der Waals surface area contributed by atoms with Crippen LogP contribution in [0.25, 0.3) is 33.8 Å². The molecule has 0 aliphatic rings. The lowest BCUT2D eigenvalue weighted by atomic mass is 10.1. The second-order valence-electron chi connectivity index (χ2n) is 6.04. The van der Waals surface area contributed by atoms with Gasteiger partial charge in [-0.25, -0.2) is 24.3 Å². The van der Waals surface area contributed by atoms with E-state index in [0.717, 1.165) is 0 Å². The highest BCUT2D eigenvalue weighted by Gasteiger charge is 2.16. The Kier molecular flexibility index (Phi) is 4.82. The molecule has 0 aliphatic carbocycles. The Balaban J connectivity index is 1.86. The zero-order valence-corrected chi connectivity index (χ0v) is 15.6. The van der Waals surface area contributed by atoms with E-state index in [1.54, 1.807) is 31.2 Å². The van der Waals surface area contributed by atoms with Gasteiger partial charge in [0.1, 0.15) is 17.5 Å². The highest BCUT2D eigenvalue weighted by Crippen LogP contribution is 2.29. The Labute approximate surface area is 164 Å². The molecular weight excluding hydrogens is 377 g/mol. The molecule has 4 rings (SSSR count). The van der Waals surface area contributed by atoms with Crippen molar-refractivity contribution in [2.75, 3.05) is 11.9 Å². The van der Waals surface area contributed by atoms with Crippen LogP contribution < -0.4 is 10.1 Å². The number of ether oxygens (including phenoxy) is 1. The molecule has 3 aromatic heterocycles. The Morgan fingerprint density at radius 1 is 1.21 bits per heavy atom. The van der Waals surface area contributed by atoms with Crippen molar-refractivity contribution >= 4 is 22.9 Å². The number of amides is 1. The quantitative estimate of drug-likeness (QED) is 0.535. The fraction of sp³-hybridized carbons (Fsp3) is 0.158. The van der Waals surface area contributed by atoms with E-state index in [-0.39, 0.29) is 17.6 Å². The molecular formula is C19H16FN7O2. The summed E-state index contributed by atoms with van der Waals surface area (Å²) in [5.41, 5.74) is 2.34. The van der Waals surface area contributed by atoms with Crippen molar-refractivity contribution in [1.82, 2.24) is 30.1 Å². The van der Waals surface area contributed by atoms with Crippen molar-refractivity contribution < 1.29 is 13.9 Å². The SMILES string of the molecule is CCOc1ccc(-c2ccc3nc(NC(C)=O)nc(-c4nc[nH]n4)c3n2)cc1F. The summed E-state index contributed by atoms with van der Waals surface area (Å²) in [7, 11) is 0. The molecule has 4 aromatic rings. The zero-order valence-electron chi connectivity index (χ0n) is 15.6. The van der Waals surface area contributed by atoms with Crippen LogP contribution in [0, 0.1) is 5.82 Å². The molecule has 29 heavy (non-hydrogen) atoms. The van der Waals surface area contributed by atoms with E-state index in [1.165, 1.54) is 19.3 Å². The number of aromatic nitrogens is 6. The predicted octanol–water partition coefficient (Wildman–Crippen LogP) is 2.97. The number of hydrogen-bond acceptors (Lipinski definition) is 7. The van der Waals surface area contributed by atoms with Gasteiger partial charge in [0, 0.05) is 12.5 Å². The molecule has 0 saturated carbocycles. The first-order valence-corrected chi connectivity index (χ1v) is 8.80. The average molecular weight is 393 g/mol. The number of carbonyl (C=O) groups is 1. The number of fused-ring (bicyclic) bond motifs is 1. The summed E-state index contributed by atoms with van der Waals surface area (Å²) in [4.78, 5) is 28.8. The van der Waals surface area contributed by atoms with Crippen molar-refractivity contribution in [3.05, 3.63) is 42.5 Å². The van der Waals surface area contributed by atoms with Crippen molar-refractivity contribution in [3.8, 4) is 28.5 Å². The minimum atomic E-state index is -0.474. The molecule has 0 aliphatic heterocycles. The first-order chi connectivity index (χ1) is 14.0. The number of aromatic amines is 1. The molecule has 0 bridgehead atoms. The largest absolute Gasteiger partial charge is 0.491 e. The fourth-order valence-corrected chi connectivity index (χ4v) is 2.80. The molecule has 2 N–H and O–H groups in total. The van der Waals surface area contributed by atoms with Gasteiger partial charge in [-0.2, -0.15) is 5.10 Å². The molecule has 0 saturated heterocycles. The topological polar surface area (TPSA) is 119 Å². The van der Waals surface area contributed by atoms with Crippen LogP contribution in [0.2, 0.25) is 0 Å². The normalized spacial score (nSPS) is 10.9. The van der Waals surface area contributed by atoms with Gasteiger partial charge in [0.05, 0.1) is 17.8 Å². The molecule has 1 amide bonds. The summed E-state index contributed by atoms with van der Waals surface area (Å²) in [5, 5.41) is 9.23. The molecule has 0 fully saturated rings. The monoisotopic (exact) mass is 393 g/mol. The van der Waals surface area contributed by atoms with Gasteiger partial charge in [0.2, 0.25) is 17.7 Å². The van der Waals surface area contributed by atoms with Gasteiger partial charge in [-0.15, -0.1) is 0 Å². The number of pyridine rings is 1. The highest BCUT2D eigenvalue weighted by atomic mass is 19.1. The number of hydrogen-bond donors (Lipinski definition) is 2. The summed E-state index contributed by atoms with van der Waals surface area (Å²) in [6.45, 7) is 3.53. The smallest absolute Gasteiger partial charge is 0.230 e. The van der Waals surface area contributed by atoms with Gasteiger partial charge in [0.15, 0.2) is 11.6 Å². The second-order valence-corrected chi connectivity index (χ2v) is 6.04. The van der Waals surface area contributed by atoms with Crippen molar-refractivity contribution in [3.63, 3.8) is 0 Å². The van der Waals surface area contributed by atoms with Gasteiger partial charge in [-0.1, -0.05) is 0 Å². The van der Waals surface area contributed by atoms with Gasteiger partial charge in [0.25, 0.3) is 0 Å². The molecule has 3 heterocycles. The van der Waals surface area contributed by atoms with Crippen LogP contribution in [0.3, 0.4) is 0 Å². The zero-order chi connectivity index (χ0) is 20.4. The number of rotatable bonds is 5. The molecule has 0 atom stereocenters. The number of nitrogens with zero attached hydrogens (tertiary/aromatic N) is 5. The predicted molar refractivity (Wildman–Crippen MR) is 104 cm³/mol. The van der Waals surface area contributed by atoms with E-state index >= 15 is 0 Å². The maximum atomic E-state index is 14.3. The van der Waals surface area contributed by atoms with Crippen molar-refractivity contribution in [1.29, 1.82) is 0 Å².